The van der Waals surface area contributed by atoms with Crippen molar-refractivity contribution in [3.05, 3.63) is 88.6 Å². The molecule has 0 saturated heterocycles. The molecule has 4 aromatic rings. The first-order valence-corrected chi connectivity index (χ1v) is 10.3. The zero-order valence-electron chi connectivity index (χ0n) is 16.1. The molecule has 2 amide bonds. The number of aromatic nitrogens is 1. The number of benzene rings is 3. The van der Waals surface area contributed by atoms with E-state index < -0.39 is 0 Å². The number of rotatable bonds is 3. The first kappa shape index (κ1) is 18.3. The molecule has 6 nitrogen and oxygen atoms in total. The summed E-state index contributed by atoms with van der Waals surface area (Å²) in [5.74, 6) is -0.539. The highest BCUT2D eigenvalue weighted by atomic mass is 32.1. The van der Waals surface area contributed by atoms with Crippen molar-refractivity contribution in [3.8, 4) is 0 Å². The predicted octanol–water partition coefficient (Wildman–Crippen LogP) is 4.27. The summed E-state index contributed by atoms with van der Waals surface area (Å²) in [6.07, 6.45) is 0. The van der Waals surface area contributed by atoms with Crippen LogP contribution in [-0.2, 0) is 0 Å². The van der Waals surface area contributed by atoms with Crippen LogP contribution in [0.2, 0.25) is 0 Å². The number of carbonyl (C=O) groups excluding carboxylic acids is 2. The molecule has 0 radical (unpaired) electrons. The molecule has 0 aliphatic carbocycles. The molecule has 7 heteroatoms. The molecule has 2 heterocycles. The van der Waals surface area contributed by atoms with Gasteiger partial charge in [0.15, 0.2) is 0 Å². The molecule has 0 spiro atoms. The molecule has 0 fully saturated rings. The molecule has 1 aliphatic heterocycles. The minimum absolute atomic E-state index is 0.208. The smallest absolute Gasteiger partial charge is 0.276 e. The van der Waals surface area contributed by atoms with Crippen molar-refractivity contribution in [2.24, 2.45) is 0 Å². The van der Waals surface area contributed by atoms with E-state index in [0.717, 1.165) is 26.8 Å². The largest absolute Gasteiger partial charge is 0.399 e. The number of hydrogen-bond donors (Lipinski definition) is 3. The van der Waals surface area contributed by atoms with Gasteiger partial charge in [0.1, 0.15) is 5.69 Å². The summed E-state index contributed by atoms with van der Waals surface area (Å²) >= 11 is 1.28. The van der Waals surface area contributed by atoms with Gasteiger partial charge in [-0.3, -0.25) is 9.59 Å². The van der Waals surface area contributed by atoms with Crippen LogP contribution in [0.25, 0.3) is 10.1 Å². The zero-order chi connectivity index (χ0) is 20.8. The maximum Gasteiger partial charge on any atom is 0.276 e. The molecule has 3 aromatic carbocycles. The van der Waals surface area contributed by atoms with Crippen LogP contribution < -0.4 is 16.4 Å². The number of amides is 2. The van der Waals surface area contributed by atoms with Crippen LogP contribution in [0.1, 0.15) is 43.6 Å². The number of hydrogen-bond acceptors (Lipinski definition) is 5. The third kappa shape index (κ3) is 2.91. The van der Waals surface area contributed by atoms with Gasteiger partial charge in [0.25, 0.3) is 11.8 Å². The Morgan fingerprint density at radius 2 is 1.90 bits per heavy atom. The molecule has 0 unspecified atom stereocenters. The average Bonchev–Trinajstić information content (AvgIpc) is 3.30. The molecule has 4 N–H and O–H groups in total. The van der Waals surface area contributed by atoms with Gasteiger partial charge in [0.05, 0.1) is 10.7 Å². The van der Waals surface area contributed by atoms with E-state index in [9.17, 15) is 9.59 Å². The van der Waals surface area contributed by atoms with Crippen LogP contribution in [0.15, 0.2) is 60.7 Å². The Balaban J connectivity index is 1.60. The second-order valence-electron chi connectivity index (χ2n) is 7.27. The molecular weight excluding hydrogens is 396 g/mol. The van der Waals surface area contributed by atoms with Crippen LogP contribution in [0.5, 0.6) is 0 Å². The molecule has 30 heavy (non-hydrogen) atoms. The van der Waals surface area contributed by atoms with Gasteiger partial charge < -0.3 is 16.4 Å². The third-order valence-electron chi connectivity index (χ3n) is 5.35. The molecule has 1 atom stereocenters. The second kappa shape index (κ2) is 6.96. The zero-order valence-corrected chi connectivity index (χ0v) is 16.9. The van der Waals surface area contributed by atoms with Crippen LogP contribution in [-0.4, -0.2) is 16.2 Å². The number of aryl methyl sites for hydroxylation is 1. The van der Waals surface area contributed by atoms with Gasteiger partial charge in [-0.2, -0.15) is 4.37 Å². The van der Waals surface area contributed by atoms with Gasteiger partial charge in [0.2, 0.25) is 0 Å². The molecule has 1 aliphatic rings. The summed E-state index contributed by atoms with van der Waals surface area (Å²) < 4.78 is 5.27. The molecule has 0 bridgehead atoms. The minimum atomic E-state index is -0.364. The van der Waals surface area contributed by atoms with Gasteiger partial charge in [0, 0.05) is 27.9 Å². The summed E-state index contributed by atoms with van der Waals surface area (Å²) in [5.41, 5.74) is 10.5. The van der Waals surface area contributed by atoms with E-state index in [0.29, 0.717) is 22.6 Å². The van der Waals surface area contributed by atoms with Crippen LogP contribution in [0.3, 0.4) is 0 Å². The predicted molar refractivity (Wildman–Crippen MR) is 119 cm³/mol. The minimum Gasteiger partial charge on any atom is -0.399 e. The van der Waals surface area contributed by atoms with Gasteiger partial charge in [-0.15, -0.1) is 0 Å². The Kier molecular flexibility index (Phi) is 4.25. The van der Waals surface area contributed by atoms with E-state index in [4.69, 9.17) is 5.73 Å². The van der Waals surface area contributed by atoms with E-state index >= 15 is 0 Å². The summed E-state index contributed by atoms with van der Waals surface area (Å²) in [4.78, 5) is 25.7. The van der Waals surface area contributed by atoms with E-state index in [-0.39, 0.29) is 17.9 Å². The van der Waals surface area contributed by atoms with Crippen molar-refractivity contribution in [2.45, 2.75) is 13.0 Å². The number of carbonyl (C=O) groups is 2. The van der Waals surface area contributed by atoms with Crippen molar-refractivity contribution in [2.75, 3.05) is 11.1 Å². The van der Waals surface area contributed by atoms with E-state index in [1.165, 1.54) is 11.5 Å². The first-order chi connectivity index (χ1) is 14.5. The Labute approximate surface area is 176 Å². The topological polar surface area (TPSA) is 97.1 Å². The van der Waals surface area contributed by atoms with Crippen LogP contribution in [0, 0.1) is 6.92 Å². The molecule has 0 saturated carbocycles. The normalized spacial score (nSPS) is 15.1. The fourth-order valence-electron chi connectivity index (χ4n) is 3.93. The number of nitrogens with zero attached hydrogens (tertiary/aromatic N) is 1. The highest BCUT2D eigenvalue weighted by molar-refractivity contribution is 7.13. The van der Waals surface area contributed by atoms with Gasteiger partial charge in [-0.25, -0.2) is 0 Å². The van der Waals surface area contributed by atoms with Crippen LogP contribution in [0.4, 0.5) is 11.4 Å². The Morgan fingerprint density at radius 1 is 1.13 bits per heavy atom. The Morgan fingerprint density at radius 3 is 2.73 bits per heavy atom. The maximum absolute atomic E-state index is 13.1. The SMILES string of the molecule is Cc1ccccc1[C@@H]1NC(=O)c2cc(N)cc(NC(=O)c3nsc4ccccc34)c21. The molecule has 148 valence electrons. The van der Waals surface area contributed by atoms with Crippen molar-refractivity contribution in [1.29, 1.82) is 0 Å². The Bertz CT molecular complexity index is 1330. The highest BCUT2D eigenvalue weighted by Crippen LogP contribution is 2.39. The summed E-state index contributed by atoms with van der Waals surface area (Å²) in [5, 5.41) is 6.77. The summed E-state index contributed by atoms with van der Waals surface area (Å²) in [6.45, 7) is 2.00. The number of fused-ring (bicyclic) bond motifs is 2. The van der Waals surface area contributed by atoms with Crippen molar-refractivity contribution >= 4 is 44.8 Å². The lowest BCUT2D eigenvalue weighted by atomic mass is 9.93. The van der Waals surface area contributed by atoms with Crippen molar-refractivity contribution < 1.29 is 9.59 Å². The number of nitrogens with one attached hydrogen (secondary N) is 2. The van der Waals surface area contributed by atoms with Gasteiger partial charge in [-0.05, 0) is 47.8 Å². The quantitative estimate of drug-likeness (QED) is 0.436. The van der Waals surface area contributed by atoms with E-state index in [2.05, 4.69) is 15.0 Å². The Hall–Kier alpha value is -3.71. The molecular formula is C23H18N4O2S. The number of nitrogens with two attached hydrogens (primary N) is 1. The monoisotopic (exact) mass is 414 g/mol. The average molecular weight is 414 g/mol. The van der Waals surface area contributed by atoms with Crippen molar-refractivity contribution in [3.63, 3.8) is 0 Å². The second-order valence-corrected chi connectivity index (χ2v) is 8.08. The van der Waals surface area contributed by atoms with Gasteiger partial charge >= 0.3 is 0 Å². The summed E-state index contributed by atoms with van der Waals surface area (Å²) in [6, 6.07) is 18.4. The van der Waals surface area contributed by atoms with E-state index in [1.807, 2.05) is 55.5 Å². The standard InChI is InChI=1S/C23H18N4O2S/c1-12-6-2-3-7-14(12)20-19-16(22(28)26-20)10-13(24)11-17(19)25-23(29)21-15-8-4-5-9-18(15)30-27-21/h2-11,20H,24H2,1H3,(H,25,29)(H,26,28)/t20-/m0/s1. The van der Waals surface area contributed by atoms with Gasteiger partial charge in [-0.1, -0.05) is 42.5 Å². The number of anilines is 2. The van der Waals surface area contributed by atoms with E-state index in [1.54, 1.807) is 12.1 Å². The lowest BCUT2D eigenvalue weighted by molar-refractivity contribution is 0.0959. The lowest BCUT2D eigenvalue weighted by Gasteiger charge is -2.18. The molecule has 5 rings (SSSR count). The fraction of sp³-hybridized carbons (Fsp3) is 0.0870. The highest BCUT2D eigenvalue weighted by Gasteiger charge is 2.34. The summed E-state index contributed by atoms with van der Waals surface area (Å²) in [7, 11) is 0. The number of nitrogen functional groups attached to an aromatic ring is 1. The maximum atomic E-state index is 13.1. The van der Waals surface area contributed by atoms with Crippen molar-refractivity contribution in [1.82, 2.24) is 9.69 Å². The molecule has 1 aromatic heterocycles. The van der Waals surface area contributed by atoms with Crippen LogP contribution >= 0.6 is 11.5 Å². The fourth-order valence-corrected chi connectivity index (χ4v) is 4.71. The first-order valence-electron chi connectivity index (χ1n) is 9.48. The lowest BCUT2D eigenvalue weighted by Crippen LogP contribution is -2.21. The third-order valence-corrected chi connectivity index (χ3v) is 6.18.